The van der Waals surface area contributed by atoms with Crippen LogP contribution in [0.4, 0.5) is 17.6 Å². The van der Waals surface area contributed by atoms with Crippen LogP contribution in [0.1, 0.15) is 5.69 Å². The van der Waals surface area contributed by atoms with Gasteiger partial charge in [-0.3, -0.25) is 0 Å². The molecule has 1 rings (SSSR count). The van der Waals surface area contributed by atoms with Gasteiger partial charge in [0.2, 0.25) is 0 Å². The zero-order valence-corrected chi connectivity index (χ0v) is 8.34. The highest BCUT2D eigenvalue weighted by Crippen LogP contribution is 2.34. The molecule has 0 aliphatic heterocycles. The number of halogens is 5. The normalized spacial score (nSPS) is 11.8. The van der Waals surface area contributed by atoms with Gasteiger partial charge in [0, 0.05) is 6.20 Å². The van der Waals surface area contributed by atoms with Crippen LogP contribution in [0.5, 0.6) is 0 Å². The monoisotopic (exact) mass is 275 g/mol. The van der Waals surface area contributed by atoms with Crippen molar-refractivity contribution >= 4 is 28.6 Å². The van der Waals surface area contributed by atoms with Gasteiger partial charge in [-0.15, -0.1) is 12.6 Å². The molecule has 0 amide bonds. The molecule has 0 N–H and O–H groups in total. The smallest absolute Gasteiger partial charge is 0.248 e. The SMILES string of the molecule is Fc1c(C(F)(F)F)ncc(Br)c1S. The first-order chi connectivity index (χ1) is 5.84. The molecular weight excluding hydrogens is 274 g/mol. The molecule has 1 aromatic heterocycles. The maximum Gasteiger partial charge on any atom is 0.436 e. The Kier molecular flexibility index (Phi) is 2.86. The Morgan fingerprint density at radius 1 is 1.38 bits per heavy atom. The molecule has 13 heavy (non-hydrogen) atoms. The second-order valence-corrected chi connectivity index (χ2v) is 3.42. The number of alkyl halides is 3. The molecule has 1 heterocycles. The lowest BCUT2D eigenvalue weighted by Crippen LogP contribution is -2.11. The maximum absolute atomic E-state index is 12.9. The summed E-state index contributed by atoms with van der Waals surface area (Å²) in [6.45, 7) is 0. The van der Waals surface area contributed by atoms with Crippen LogP contribution in [0.15, 0.2) is 15.6 Å². The second kappa shape index (κ2) is 3.45. The first-order valence-electron chi connectivity index (χ1n) is 2.94. The van der Waals surface area contributed by atoms with Crippen molar-refractivity contribution in [2.75, 3.05) is 0 Å². The molecule has 0 aliphatic carbocycles. The van der Waals surface area contributed by atoms with Gasteiger partial charge in [0.1, 0.15) is 0 Å². The highest BCUT2D eigenvalue weighted by molar-refractivity contribution is 9.10. The average molecular weight is 276 g/mol. The fraction of sp³-hybridized carbons (Fsp3) is 0.167. The van der Waals surface area contributed by atoms with E-state index in [0.29, 0.717) is 0 Å². The van der Waals surface area contributed by atoms with Gasteiger partial charge in [-0.05, 0) is 15.9 Å². The van der Waals surface area contributed by atoms with E-state index in [0.717, 1.165) is 6.20 Å². The number of pyridine rings is 1. The topological polar surface area (TPSA) is 12.9 Å². The van der Waals surface area contributed by atoms with Crippen molar-refractivity contribution in [3.63, 3.8) is 0 Å². The zero-order chi connectivity index (χ0) is 10.2. The summed E-state index contributed by atoms with van der Waals surface area (Å²) in [4.78, 5) is 2.51. The van der Waals surface area contributed by atoms with E-state index < -0.39 is 22.6 Å². The van der Waals surface area contributed by atoms with Crippen molar-refractivity contribution in [3.05, 3.63) is 22.2 Å². The van der Waals surface area contributed by atoms with Gasteiger partial charge >= 0.3 is 6.18 Å². The van der Waals surface area contributed by atoms with Crippen molar-refractivity contribution in [1.29, 1.82) is 0 Å². The van der Waals surface area contributed by atoms with Crippen LogP contribution in [-0.2, 0) is 6.18 Å². The fourth-order valence-electron chi connectivity index (χ4n) is 0.654. The van der Waals surface area contributed by atoms with E-state index in [1.807, 2.05) is 0 Å². The van der Waals surface area contributed by atoms with Gasteiger partial charge < -0.3 is 0 Å². The highest BCUT2D eigenvalue weighted by atomic mass is 79.9. The Hall–Kier alpha value is -0.300. The lowest BCUT2D eigenvalue weighted by molar-refractivity contribution is -0.144. The van der Waals surface area contributed by atoms with Gasteiger partial charge in [0.15, 0.2) is 11.5 Å². The molecule has 0 radical (unpaired) electrons. The molecule has 0 spiro atoms. The van der Waals surface area contributed by atoms with Crippen molar-refractivity contribution in [1.82, 2.24) is 4.98 Å². The summed E-state index contributed by atoms with van der Waals surface area (Å²) in [5, 5.41) is 0. The Morgan fingerprint density at radius 3 is 2.38 bits per heavy atom. The number of aromatic nitrogens is 1. The predicted molar refractivity (Wildman–Crippen MR) is 44.1 cm³/mol. The lowest BCUT2D eigenvalue weighted by atomic mass is 10.3. The van der Waals surface area contributed by atoms with Crippen LogP contribution in [0.3, 0.4) is 0 Å². The lowest BCUT2D eigenvalue weighted by Gasteiger charge is -2.08. The van der Waals surface area contributed by atoms with E-state index in [9.17, 15) is 17.6 Å². The first kappa shape index (κ1) is 10.8. The van der Waals surface area contributed by atoms with Crippen molar-refractivity contribution < 1.29 is 17.6 Å². The quantitative estimate of drug-likeness (QED) is 0.566. The molecule has 0 aromatic carbocycles. The molecule has 7 heteroatoms. The molecule has 0 aliphatic rings. The minimum atomic E-state index is -4.79. The van der Waals surface area contributed by atoms with Gasteiger partial charge in [0.25, 0.3) is 0 Å². The van der Waals surface area contributed by atoms with E-state index in [-0.39, 0.29) is 4.47 Å². The summed E-state index contributed by atoms with van der Waals surface area (Å²) in [5.74, 6) is -1.47. The van der Waals surface area contributed by atoms with Crippen LogP contribution in [-0.4, -0.2) is 4.98 Å². The van der Waals surface area contributed by atoms with E-state index >= 15 is 0 Å². The third-order valence-corrected chi connectivity index (χ3v) is 2.56. The molecule has 1 nitrogen and oxygen atoms in total. The predicted octanol–water partition coefficient (Wildman–Crippen LogP) is 3.29. The summed E-state index contributed by atoms with van der Waals surface area (Å²) >= 11 is 6.35. The molecule has 0 atom stereocenters. The molecular formula is C6H2BrF4NS. The van der Waals surface area contributed by atoms with Crippen LogP contribution in [0.25, 0.3) is 0 Å². The zero-order valence-electron chi connectivity index (χ0n) is 5.86. The Morgan fingerprint density at radius 2 is 1.92 bits per heavy atom. The molecule has 0 fully saturated rings. The summed E-state index contributed by atoms with van der Waals surface area (Å²) < 4.78 is 49.0. The fourth-order valence-corrected chi connectivity index (χ4v) is 1.09. The number of hydrogen-bond acceptors (Lipinski definition) is 2. The number of rotatable bonds is 0. The minimum Gasteiger partial charge on any atom is -0.248 e. The Balaban J connectivity index is 3.35. The second-order valence-electron chi connectivity index (χ2n) is 2.12. The maximum atomic E-state index is 12.9. The molecule has 0 unspecified atom stereocenters. The van der Waals surface area contributed by atoms with E-state index in [1.165, 1.54) is 0 Å². The molecule has 1 aromatic rings. The Labute approximate surface area is 84.7 Å². The van der Waals surface area contributed by atoms with Crippen LogP contribution >= 0.6 is 28.6 Å². The standard InChI is InChI=1S/C6H2BrF4NS/c7-2-1-12-5(6(9,10)11)3(8)4(2)13/h1H,(H,12,13). The van der Waals surface area contributed by atoms with Crippen molar-refractivity contribution in [2.45, 2.75) is 11.1 Å². The van der Waals surface area contributed by atoms with Crippen LogP contribution < -0.4 is 0 Å². The molecule has 0 saturated carbocycles. The largest absolute Gasteiger partial charge is 0.436 e. The first-order valence-corrected chi connectivity index (χ1v) is 4.18. The number of thiol groups is 1. The van der Waals surface area contributed by atoms with Crippen molar-refractivity contribution in [2.24, 2.45) is 0 Å². The Bertz CT molecular complexity index is 338. The van der Waals surface area contributed by atoms with E-state index in [1.54, 1.807) is 0 Å². The van der Waals surface area contributed by atoms with Crippen LogP contribution in [0, 0.1) is 5.82 Å². The average Bonchev–Trinajstić information content (AvgIpc) is 1.98. The van der Waals surface area contributed by atoms with Gasteiger partial charge in [-0.25, -0.2) is 9.37 Å². The third kappa shape index (κ3) is 2.14. The number of nitrogens with zero attached hydrogens (tertiary/aromatic N) is 1. The summed E-state index contributed by atoms with van der Waals surface area (Å²) in [7, 11) is 0. The van der Waals surface area contributed by atoms with E-state index in [4.69, 9.17) is 0 Å². The van der Waals surface area contributed by atoms with Crippen LogP contribution in [0.2, 0.25) is 0 Å². The molecule has 0 bridgehead atoms. The van der Waals surface area contributed by atoms with Gasteiger partial charge in [-0.2, -0.15) is 13.2 Å². The summed E-state index contributed by atoms with van der Waals surface area (Å²) in [6, 6.07) is 0. The third-order valence-electron chi connectivity index (χ3n) is 1.22. The summed E-state index contributed by atoms with van der Waals surface area (Å²) in [6.07, 6.45) is -3.93. The summed E-state index contributed by atoms with van der Waals surface area (Å²) in [5.41, 5.74) is -1.55. The highest BCUT2D eigenvalue weighted by Gasteiger charge is 2.37. The minimum absolute atomic E-state index is 0.0846. The van der Waals surface area contributed by atoms with Gasteiger partial charge in [-0.1, -0.05) is 0 Å². The van der Waals surface area contributed by atoms with E-state index in [2.05, 4.69) is 33.5 Å². The van der Waals surface area contributed by atoms with Crippen molar-refractivity contribution in [3.8, 4) is 0 Å². The van der Waals surface area contributed by atoms with Gasteiger partial charge in [0.05, 0.1) is 9.37 Å². The number of hydrogen-bond donors (Lipinski definition) is 1. The molecule has 0 saturated heterocycles. The molecule has 72 valence electrons.